The molecule has 1 aromatic rings. The second kappa shape index (κ2) is 4.79. The van der Waals surface area contributed by atoms with Gasteiger partial charge in [0.25, 0.3) is 0 Å². The Labute approximate surface area is 120 Å². The molecule has 0 bridgehead atoms. The predicted octanol–water partition coefficient (Wildman–Crippen LogP) is 3.71. The molecule has 0 amide bonds. The zero-order chi connectivity index (χ0) is 16.1. The van der Waals surface area contributed by atoms with Crippen LogP contribution in [0.2, 0.25) is 0 Å². The van der Waals surface area contributed by atoms with Crippen molar-refractivity contribution < 1.29 is 27.8 Å². The molecule has 1 aromatic carbocycles. The monoisotopic (exact) mass is 300 g/mol. The first-order valence-electron chi connectivity index (χ1n) is 6.34. The van der Waals surface area contributed by atoms with Gasteiger partial charge in [0.15, 0.2) is 0 Å². The van der Waals surface area contributed by atoms with Crippen LogP contribution in [0.15, 0.2) is 5.57 Å². The molecule has 114 valence electrons. The summed E-state index contributed by atoms with van der Waals surface area (Å²) in [7, 11) is 0. The summed E-state index contributed by atoms with van der Waals surface area (Å²) in [6.07, 6.45) is -6.14. The molecule has 0 aromatic heterocycles. The van der Waals surface area contributed by atoms with Crippen molar-refractivity contribution in [1.29, 1.82) is 0 Å². The van der Waals surface area contributed by atoms with Crippen molar-refractivity contribution in [3.05, 3.63) is 33.4 Å². The Morgan fingerprint density at radius 2 is 1.62 bits per heavy atom. The quantitative estimate of drug-likeness (QED) is 0.860. The third-order valence-electron chi connectivity index (χ3n) is 4.04. The first-order valence-corrected chi connectivity index (χ1v) is 6.34. The van der Waals surface area contributed by atoms with Crippen molar-refractivity contribution in [2.45, 2.75) is 40.0 Å². The van der Waals surface area contributed by atoms with E-state index in [1.807, 2.05) is 6.92 Å². The summed E-state index contributed by atoms with van der Waals surface area (Å²) >= 11 is 0. The van der Waals surface area contributed by atoms with Crippen LogP contribution in [0.4, 0.5) is 13.2 Å². The number of ether oxygens (including phenoxy) is 1. The molecule has 21 heavy (non-hydrogen) atoms. The van der Waals surface area contributed by atoms with E-state index >= 15 is 0 Å². The molecule has 3 nitrogen and oxygen atoms in total. The standard InChI is InChI=1S/C15H15F3O3/c1-6-7(2)9(4)12-10(8(6)3)5-11(14(19)20)13(21-12)15(16,17)18/h5,13H,1-4H3,(H,19,20). The Kier molecular flexibility index (Phi) is 3.51. The fourth-order valence-corrected chi connectivity index (χ4v) is 2.46. The van der Waals surface area contributed by atoms with Crippen molar-refractivity contribution in [2.24, 2.45) is 0 Å². The molecule has 1 heterocycles. The van der Waals surface area contributed by atoms with E-state index in [1.165, 1.54) is 0 Å². The highest BCUT2D eigenvalue weighted by atomic mass is 19.4. The summed E-state index contributed by atoms with van der Waals surface area (Å²) in [5.41, 5.74) is 2.71. The van der Waals surface area contributed by atoms with Crippen molar-refractivity contribution in [3.8, 4) is 5.75 Å². The SMILES string of the molecule is Cc1c(C)c(C)c2c(c1C)C=C(C(=O)O)C(C(F)(F)F)O2. The van der Waals surface area contributed by atoms with E-state index in [-0.39, 0.29) is 5.75 Å². The minimum absolute atomic E-state index is 0.114. The van der Waals surface area contributed by atoms with E-state index < -0.39 is 23.8 Å². The van der Waals surface area contributed by atoms with Crippen LogP contribution in [0.3, 0.4) is 0 Å². The van der Waals surface area contributed by atoms with Gasteiger partial charge in [0, 0.05) is 5.56 Å². The molecule has 1 atom stereocenters. The van der Waals surface area contributed by atoms with Gasteiger partial charge in [0.05, 0.1) is 5.57 Å². The Bertz CT molecular complexity index is 657. The first-order chi connectivity index (χ1) is 9.55. The molecule has 6 heteroatoms. The number of aliphatic carboxylic acids is 1. The zero-order valence-electron chi connectivity index (χ0n) is 12.1. The number of hydrogen-bond donors (Lipinski definition) is 1. The maximum atomic E-state index is 13.0. The van der Waals surface area contributed by atoms with Gasteiger partial charge in [-0.15, -0.1) is 0 Å². The van der Waals surface area contributed by atoms with Gasteiger partial charge in [-0.1, -0.05) is 0 Å². The summed E-state index contributed by atoms with van der Waals surface area (Å²) in [4.78, 5) is 11.1. The highest BCUT2D eigenvalue weighted by Crippen LogP contribution is 2.42. The number of alkyl halides is 3. The largest absolute Gasteiger partial charge is 0.478 e. The molecule has 0 aliphatic carbocycles. The van der Waals surface area contributed by atoms with Gasteiger partial charge in [-0.2, -0.15) is 13.2 Å². The zero-order valence-corrected chi connectivity index (χ0v) is 12.1. The number of rotatable bonds is 1. The Morgan fingerprint density at radius 1 is 1.10 bits per heavy atom. The summed E-state index contributed by atoms with van der Waals surface area (Å²) in [5.74, 6) is -1.51. The van der Waals surface area contributed by atoms with Crippen LogP contribution >= 0.6 is 0 Å². The molecule has 0 spiro atoms. The van der Waals surface area contributed by atoms with E-state index in [0.29, 0.717) is 11.1 Å². The molecule has 1 aliphatic rings. The van der Waals surface area contributed by atoms with Crippen LogP contribution in [0.1, 0.15) is 27.8 Å². The smallest absolute Gasteiger partial charge is 0.430 e. The van der Waals surface area contributed by atoms with Crippen molar-refractivity contribution in [1.82, 2.24) is 0 Å². The predicted molar refractivity (Wildman–Crippen MR) is 71.5 cm³/mol. The lowest BCUT2D eigenvalue weighted by molar-refractivity contribution is -0.187. The highest BCUT2D eigenvalue weighted by molar-refractivity contribution is 5.95. The van der Waals surface area contributed by atoms with Crippen LogP contribution in [-0.4, -0.2) is 23.4 Å². The summed E-state index contributed by atoms with van der Waals surface area (Å²) < 4.78 is 44.1. The van der Waals surface area contributed by atoms with Gasteiger partial charge in [-0.05, 0) is 56.0 Å². The maximum Gasteiger partial charge on any atom is 0.430 e. The number of hydrogen-bond acceptors (Lipinski definition) is 2. The van der Waals surface area contributed by atoms with Crippen molar-refractivity contribution >= 4 is 12.0 Å². The number of carboxylic acids is 1. The molecule has 0 saturated heterocycles. The molecule has 0 radical (unpaired) electrons. The van der Waals surface area contributed by atoms with E-state index in [2.05, 4.69) is 0 Å². The van der Waals surface area contributed by atoms with E-state index in [9.17, 15) is 18.0 Å². The Balaban J connectivity index is 2.75. The van der Waals surface area contributed by atoms with Crippen LogP contribution in [-0.2, 0) is 4.79 Å². The topological polar surface area (TPSA) is 46.5 Å². The summed E-state index contributed by atoms with van der Waals surface area (Å²) in [6, 6.07) is 0. The minimum atomic E-state index is -4.78. The second-order valence-corrected chi connectivity index (χ2v) is 5.19. The lowest BCUT2D eigenvalue weighted by Gasteiger charge is -2.30. The molecule has 1 N–H and O–H groups in total. The van der Waals surface area contributed by atoms with Crippen LogP contribution in [0.5, 0.6) is 5.75 Å². The third-order valence-corrected chi connectivity index (χ3v) is 4.04. The molecule has 0 fully saturated rings. The van der Waals surface area contributed by atoms with Gasteiger partial charge in [-0.25, -0.2) is 4.79 Å². The highest BCUT2D eigenvalue weighted by Gasteiger charge is 2.49. The fourth-order valence-electron chi connectivity index (χ4n) is 2.46. The van der Waals surface area contributed by atoms with Gasteiger partial charge in [0.1, 0.15) is 5.75 Å². The first kappa shape index (κ1) is 15.4. The molecule has 1 aliphatic heterocycles. The van der Waals surface area contributed by atoms with Gasteiger partial charge < -0.3 is 9.84 Å². The van der Waals surface area contributed by atoms with E-state index in [1.54, 1.807) is 20.8 Å². The average Bonchev–Trinajstić information content (AvgIpc) is 2.40. The fraction of sp³-hybridized carbons (Fsp3) is 0.400. The summed E-state index contributed by atoms with van der Waals surface area (Å²) in [5, 5.41) is 9.03. The molecular weight excluding hydrogens is 285 g/mol. The normalized spacial score (nSPS) is 17.9. The van der Waals surface area contributed by atoms with Crippen molar-refractivity contribution in [3.63, 3.8) is 0 Å². The minimum Gasteiger partial charge on any atom is -0.478 e. The number of carbonyl (C=O) groups is 1. The second-order valence-electron chi connectivity index (χ2n) is 5.19. The lowest BCUT2D eigenvalue weighted by atomic mass is 9.89. The third kappa shape index (κ3) is 2.39. The number of carboxylic acid groups (broad SMARTS) is 1. The van der Waals surface area contributed by atoms with E-state index in [4.69, 9.17) is 9.84 Å². The average molecular weight is 300 g/mol. The van der Waals surface area contributed by atoms with Crippen LogP contribution in [0.25, 0.3) is 6.08 Å². The van der Waals surface area contributed by atoms with Gasteiger partial charge in [-0.3, -0.25) is 0 Å². The van der Waals surface area contributed by atoms with Gasteiger partial charge in [0.2, 0.25) is 6.10 Å². The molecule has 0 saturated carbocycles. The van der Waals surface area contributed by atoms with Gasteiger partial charge >= 0.3 is 12.1 Å². The summed E-state index contributed by atoms with van der Waals surface area (Å²) in [6.45, 7) is 7.07. The lowest BCUT2D eigenvalue weighted by Crippen LogP contribution is -2.40. The van der Waals surface area contributed by atoms with Crippen LogP contribution in [0, 0.1) is 27.7 Å². The Hall–Kier alpha value is -1.98. The Morgan fingerprint density at radius 3 is 2.10 bits per heavy atom. The van der Waals surface area contributed by atoms with E-state index in [0.717, 1.165) is 22.8 Å². The number of halogens is 3. The molecule has 1 unspecified atom stereocenters. The molecule has 2 rings (SSSR count). The number of fused-ring (bicyclic) bond motifs is 1. The van der Waals surface area contributed by atoms with Crippen LogP contribution < -0.4 is 4.74 Å². The number of benzene rings is 1. The molecular formula is C15H15F3O3. The maximum absolute atomic E-state index is 13.0. The van der Waals surface area contributed by atoms with Crippen molar-refractivity contribution in [2.75, 3.05) is 0 Å².